The van der Waals surface area contributed by atoms with Crippen LogP contribution in [0.1, 0.15) is 23.7 Å². The number of piperidine rings is 1. The molecular formula is C19H24FN3O7. The number of carboxylic acids is 2. The average Bonchev–Trinajstić information content (AvgIpc) is 3.12. The number of ether oxygens (including phenoxy) is 2. The number of anilines is 1. The van der Waals surface area contributed by atoms with E-state index in [1.807, 2.05) is 0 Å². The molecule has 0 bridgehead atoms. The summed E-state index contributed by atoms with van der Waals surface area (Å²) in [5, 5.41) is 27.2. The molecule has 164 valence electrons. The van der Waals surface area contributed by atoms with E-state index in [-0.39, 0.29) is 35.0 Å². The van der Waals surface area contributed by atoms with E-state index in [2.05, 4.69) is 15.8 Å². The Hall–Kier alpha value is -3.18. The second kappa shape index (κ2) is 10.6. The van der Waals surface area contributed by atoms with Crippen molar-refractivity contribution in [2.24, 2.45) is 0 Å². The molecule has 3 rings (SSSR count). The molecule has 0 saturated carbocycles. The van der Waals surface area contributed by atoms with Gasteiger partial charge in [0, 0.05) is 26.1 Å². The van der Waals surface area contributed by atoms with Crippen molar-refractivity contribution in [1.82, 2.24) is 10.5 Å². The number of carbonyl (C=O) groups is 2. The van der Waals surface area contributed by atoms with Crippen LogP contribution in [0.15, 0.2) is 22.7 Å². The maximum absolute atomic E-state index is 13.6. The van der Waals surface area contributed by atoms with E-state index in [0.29, 0.717) is 12.1 Å². The van der Waals surface area contributed by atoms with Gasteiger partial charge in [-0.15, -0.1) is 0 Å². The molecule has 30 heavy (non-hydrogen) atoms. The number of hydrogen-bond acceptors (Lipinski definition) is 8. The van der Waals surface area contributed by atoms with Crippen LogP contribution in [0.5, 0.6) is 5.75 Å². The average molecular weight is 425 g/mol. The zero-order valence-corrected chi connectivity index (χ0v) is 16.8. The summed E-state index contributed by atoms with van der Waals surface area (Å²) in [7, 11) is 2.94. The fraction of sp³-hybridized carbons (Fsp3) is 0.421. The Labute approximate surface area is 172 Å². The van der Waals surface area contributed by atoms with E-state index < -0.39 is 17.8 Å². The van der Waals surface area contributed by atoms with Crippen LogP contribution in [-0.4, -0.2) is 66.8 Å². The van der Waals surface area contributed by atoms with Gasteiger partial charge in [0.15, 0.2) is 28.7 Å². The molecular weight excluding hydrogens is 401 g/mol. The van der Waals surface area contributed by atoms with Gasteiger partial charge in [-0.05, 0) is 31.2 Å². The Bertz CT molecular complexity index is 883. The van der Waals surface area contributed by atoms with E-state index in [1.54, 1.807) is 7.11 Å². The summed E-state index contributed by atoms with van der Waals surface area (Å²) < 4.78 is 29.3. The Balaban J connectivity index is 0.000000735. The lowest BCUT2D eigenvalue weighted by molar-refractivity contribution is -0.134. The molecule has 2 heterocycles. The number of aromatic carboxylic acids is 1. The smallest absolute Gasteiger partial charge is 0.343 e. The summed E-state index contributed by atoms with van der Waals surface area (Å²) in [6, 6.07) is 3.80. The van der Waals surface area contributed by atoms with Crippen LogP contribution < -0.4 is 15.4 Å². The lowest BCUT2D eigenvalue weighted by atomic mass is 10.0. The Kier molecular flexibility index (Phi) is 8.13. The van der Waals surface area contributed by atoms with Crippen molar-refractivity contribution in [2.45, 2.75) is 25.5 Å². The molecule has 2 atom stereocenters. The van der Waals surface area contributed by atoms with Gasteiger partial charge in [0.2, 0.25) is 0 Å². The highest BCUT2D eigenvalue weighted by molar-refractivity contribution is 5.99. The third kappa shape index (κ3) is 5.67. The van der Waals surface area contributed by atoms with E-state index in [1.165, 1.54) is 25.3 Å². The standard InChI is InChI=1S/C17H20FN3O5.C2H4O2/c1-24-12-5-6-19-8-11(12)20-16-14(17(22)23)15(26-21-16)9-3-4-10(18)13(7-9)25-2;1-2(3)4/h3-4,7,11-12,19H,5-6,8H2,1-2H3,(H,20,21)(H,22,23);1H3,(H,3,4)/t11-,12+;/m0./s1. The van der Waals surface area contributed by atoms with Crippen molar-refractivity contribution in [2.75, 3.05) is 32.6 Å². The number of methoxy groups -OCH3 is 2. The van der Waals surface area contributed by atoms with Crippen molar-refractivity contribution < 1.29 is 38.2 Å². The third-order valence-electron chi connectivity index (χ3n) is 4.36. The molecule has 1 saturated heterocycles. The van der Waals surface area contributed by atoms with Crippen molar-refractivity contribution in [3.05, 3.63) is 29.6 Å². The number of carboxylic acid groups (broad SMARTS) is 2. The predicted molar refractivity (Wildman–Crippen MR) is 104 cm³/mol. The highest BCUT2D eigenvalue weighted by Crippen LogP contribution is 2.33. The highest BCUT2D eigenvalue weighted by atomic mass is 19.1. The third-order valence-corrected chi connectivity index (χ3v) is 4.36. The number of nitrogens with zero attached hydrogens (tertiary/aromatic N) is 1. The molecule has 1 aliphatic rings. The fourth-order valence-electron chi connectivity index (χ4n) is 3.02. The first kappa shape index (κ1) is 23.1. The van der Waals surface area contributed by atoms with Crippen molar-refractivity contribution in [3.63, 3.8) is 0 Å². The van der Waals surface area contributed by atoms with Crippen LogP contribution >= 0.6 is 0 Å². The Morgan fingerprint density at radius 3 is 2.63 bits per heavy atom. The maximum Gasteiger partial charge on any atom is 0.343 e. The summed E-state index contributed by atoms with van der Waals surface area (Å²) in [5.41, 5.74) is 0.227. The Morgan fingerprint density at radius 1 is 1.33 bits per heavy atom. The first-order chi connectivity index (χ1) is 14.3. The number of aliphatic carboxylic acids is 1. The molecule has 4 N–H and O–H groups in total. The largest absolute Gasteiger partial charge is 0.494 e. The summed E-state index contributed by atoms with van der Waals surface area (Å²) in [5.74, 6) is -2.48. The topological polar surface area (TPSA) is 143 Å². The molecule has 1 aliphatic heterocycles. The molecule has 0 unspecified atom stereocenters. The van der Waals surface area contributed by atoms with Crippen LogP contribution in [0, 0.1) is 5.82 Å². The molecule has 0 amide bonds. The molecule has 1 fully saturated rings. The zero-order chi connectivity index (χ0) is 22.3. The van der Waals surface area contributed by atoms with E-state index in [0.717, 1.165) is 19.9 Å². The predicted octanol–water partition coefficient (Wildman–Crippen LogP) is 2.07. The molecule has 0 radical (unpaired) electrons. The second-order valence-electron chi connectivity index (χ2n) is 6.43. The SMILES string of the molecule is CC(=O)O.COc1cc(-c2onc(N[C@H]3CNCC[C@H]3OC)c2C(=O)O)ccc1F. The van der Waals surface area contributed by atoms with E-state index in [9.17, 15) is 14.3 Å². The minimum absolute atomic E-state index is 0.0133. The minimum atomic E-state index is -1.20. The fourth-order valence-corrected chi connectivity index (χ4v) is 3.02. The van der Waals surface area contributed by atoms with E-state index >= 15 is 0 Å². The van der Waals surface area contributed by atoms with Gasteiger partial charge < -0.3 is 34.8 Å². The maximum atomic E-state index is 13.6. The quantitative estimate of drug-likeness (QED) is 0.543. The Morgan fingerprint density at radius 2 is 2.03 bits per heavy atom. The minimum Gasteiger partial charge on any atom is -0.494 e. The van der Waals surface area contributed by atoms with Crippen LogP contribution in [0.25, 0.3) is 11.3 Å². The van der Waals surface area contributed by atoms with Gasteiger partial charge in [0.05, 0.1) is 19.3 Å². The molecule has 0 aliphatic carbocycles. The summed E-state index contributed by atoms with van der Waals surface area (Å²) in [4.78, 5) is 20.8. The number of aromatic nitrogens is 1. The molecule has 11 heteroatoms. The lowest BCUT2D eigenvalue weighted by Crippen LogP contribution is -2.49. The molecule has 1 aromatic heterocycles. The number of rotatable bonds is 6. The highest BCUT2D eigenvalue weighted by Gasteiger charge is 2.30. The monoisotopic (exact) mass is 425 g/mol. The summed E-state index contributed by atoms with van der Waals surface area (Å²) in [6.45, 7) is 2.51. The van der Waals surface area contributed by atoms with Gasteiger partial charge in [-0.3, -0.25) is 4.79 Å². The van der Waals surface area contributed by atoms with E-state index in [4.69, 9.17) is 23.9 Å². The number of benzene rings is 1. The summed E-state index contributed by atoms with van der Waals surface area (Å²) >= 11 is 0. The normalized spacial score (nSPS) is 18.1. The van der Waals surface area contributed by atoms with Gasteiger partial charge in [-0.25, -0.2) is 9.18 Å². The van der Waals surface area contributed by atoms with Gasteiger partial charge in [0.25, 0.3) is 5.97 Å². The van der Waals surface area contributed by atoms with Crippen LogP contribution in [0.2, 0.25) is 0 Å². The van der Waals surface area contributed by atoms with Gasteiger partial charge >= 0.3 is 5.97 Å². The zero-order valence-electron chi connectivity index (χ0n) is 16.8. The van der Waals surface area contributed by atoms with Crippen molar-refractivity contribution in [3.8, 4) is 17.1 Å². The van der Waals surface area contributed by atoms with Gasteiger partial charge in [-0.2, -0.15) is 0 Å². The first-order valence-corrected chi connectivity index (χ1v) is 9.04. The van der Waals surface area contributed by atoms with Crippen molar-refractivity contribution >= 4 is 17.8 Å². The molecule has 0 spiro atoms. The lowest BCUT2D eigenvalue weighted by Gasteiger charge is -2.31. The van der Waals surface area contributed by atoms with Crippen LogP contribution in [-0.2, 0) is 9.53 Å². The molecule has 10 nitrogen and oxygen atoms in total. The number of hydrogen-bond donors (Lipinski definition) is 4. The number of nitrogens with one attached hydrogen (secondary N) is 2. The second-order valence-corrected chi connectivity index (χ2v) is 6.43. The van der Waals surface area contributed by atoms with Crippen LogP contribution in [0.3, 0.4) is 0 Å². The van der Waals surface area contributed by atoms with Crippen molar-refractivity contribution in [1.29, 1.82) is 0 Å². The first-order valence-electron chi connectivity index (χ1n) is 9.04. The van der Waals surface area contributed by atoms with Crippen LogP contribution in [0.4, 0.5) is 10.2 Å². The van der Waals surface area contributed by atoms with Gasteiger partial charge in [-0.1, -0.05) is 5.16 Å². The van der Waals surface area contributed by atoms with Gasteiger partial charge in [0.1, 0.15) is 0 Å². The number of halogens is 1. The molecule has 2 aromatic rings. The molecule has 1 aromatic carbocycles. The summed E-state index contributed by atoms with van der Waals surface area (Å²) in [6.07, 6.45) is 0.708.